The predicted octanol–water partition coefficient (Wildman–Crippen LogP) is 7.59. The molecule has 0 saturated heterocycles. The maximum Gasteiger partial charge on any atom is 0.349 e. The third kappa shape index (κ3) is 6.88. The summed E-state index contributed by atoms with van der Waals surface area (Å²) in [5.41, 5.74) is 3.94. The zero-order chi connectivity index (χ0) is 25.5. The minimum Gasteiger partial charge on any atom is -0.493 e. The number of ether oxygens (including phenoxy) is 3. The quantitative estimate of drug-likeness (QED) is 0.124. The molecule has 0 heterocycles. The summed E-state index contributed by atoms with van der Waals surface area (Å²) in [7, 11) is 1.49. The van der Waals surface area contributed by atoms with Gasteiger partial charge in [0, 0.05) is 9.50 Å². The molecule has 0 bridgehead atoms. The lowest BCUT2D eigenvalue weighted by Gasteiger charge is -2.16. The van der Waals surface area contributed by atoms with Crippen molar-refractivity contribution in [2.45, 2.75) is 26.7 Å². The Bertz CT molecular complexity index is 1290. The molecule has 3 rings (SSSR count). The zero-order valence-corrected chi connectivity index (χ0v) is 22.2. The van der Waals surface area contributed by atoms with Crippen molar-refractivity contribution in [3.8, 4) is 23.3 Å². The van der Waals surface area contributed by atoms with E-state index < -0.39 is 5.97 Å². The van der Waals surface area contributed by atoms with E-state index in [4.69, 9.17) is 25.8 Å². The molecule has 0 aromatic heterocycles. The van der Waals surface area contributed by atoms with Crippen LogP contribution in [0.3, 0.4) is 0 Å². The first-order valence-electron chi connectivity index (χ1n) is 10.9. The van der Waals surface area contributed by atoms with Crippen LogP contribution in [-0.4, -0.2) is 19.7 Å². The van der Waals surface area contributed by atoms with Crippen molar-refractivity contribution in [3.05, 3.63) is 86.3 Å². The van der Waals surface area contributed by atoms with Crippen LogP contribution in [0.1, 0.15) is 42.0 Å². The number of halogens is 2. The van der Waals surface area contributed by atoms with E-state index in [1.54, 1.807) is 48.5 Å². The van der Waals surface area contributed by atoms with E-state index >= 15 is 0 Å². The molecule has 0 aliphatic carbocycles. The summed E-state index contributed by atoms with van der Waals surface area (Å²) in [5.74, 6) is 0.948. The molecule has 0 N–H and O–H groups in total. The van der Waals surface area contributed by atoms with Gasteiger partial charge in [-0.15, -0.1) is 0 Å². The lowest BCUT2D eigenvalue weighted by atomic mass is 10.0. The molecule has 0 spiro atoms. The molecule has 0 saturated carbocycles. The minimum atomic E-state index is -0.555. The first kappa shape index (κ1) is 26.3. The second kappa shape index (κ2) is 11.9. The number of carbonyl (C=O) groups excluding carboxylic acids is 1. The monoisotopic (exact) mass is 553 g/mol. The van der Waals surface area contributed by atoms with Crippen molar-refractivity contribution < 1.29 is 19.0 Å². The maximum atomic E-state index is 12.5. The highest BCUT2D eigenvalue weighted by Gasteiger charge is 2.15. The average Bonchev–Trinajstić information content (AvgIpc) is 2.84. The van der Waals surface area contributed by atoms with Crippen LogP contribution in [0.4, 0.5) is 0 Å². The number of hydrogen-bond donors (Lipinski definition) is 0. The van der Waals surface area contributed by atoms with Crippen LogP contribution in [0, 0.1) is 18.3 Å². The number of aryl methyl sites for hydroxylation is 1. The van der Waals surface area contributed by atoms with Crippen LogP contribution in [0.25, 0.3) is 11.6 Å². The second-order valence-electron chi connectivity index (χ2n) is 8.14. The number of hydrogen-bond acceptors (Lipinski definition) is 5. The molecule has 0 unspecified atom stereocenters. The fourth-order valence-corrected chi connectivity index (χ4v) is 3.86. The van der Waals surface area contributed by atoms with Gasteiger partial charge in [0.2, 0.25) is 0 Å². The van der Waals surface area contributed by atoms with Crippen LogP contribution in [0.5, 0.6) is 17.2 Å². The third-order valence-electron chi connectivity index (χ3n) is 5.26. The van der Waals surface area contributed by atoms with Gasteiger partial charge >= 0.3 is 5.97 Å². The number of benzene rings is 3. The first-order chi connectivity index (χ1) is 16.7. The van der Waals surface area contributed by atoms with Gasteiger partial charge in [-0.3, -0.25) is 0 Å². The van der Waals surface area contributed by atoms with E-state index in [1.165, 1.54) is 7.11 Å². The zero-order valence-electron chi connectivity index (χ0n) is 19.9. The Morgan fingerprint density at radius 2 is 1.80 bits per heavy atom. The molecular weight excluding hydrogens is 530 g/mol. The molecule has 0 atom stereocenters. The molecule has 180 valence electrons. The molecule has 35 heavy (non-hydrogen) atoms. The average molecular weight is 555 g/mol. The fraction of sp³-hybridized carbons (Fsp3) is 0.214. The van der Waals surface area contributed by atoms with Crippen molar-refractivity contribution >= 4 is 45.1 Å². The lowest BCUT2D eigenvalue weighted by molar-refractivity contribution is -0.136. The van der Waals surface area contributed by atoms with Gasteiger partial charge in [-0.2, -0.15) is 5.26 Å². The number of allylic oxidation sites excluding steroid dienone is 1. The van der Waals surface area contributed by atoms with Crippen LogP contribution in [-0.2, 0) is 4.79 Å². The Morgan fingerprint density at radius 1 is 1.09 bits per heavy atom. The summed E-state index contributed by atoms with van der Waals surface area (Å²) in [4.78, 5) is 12.5. The number of esters is 1. The van der Waals surface area contributed by atoms with E-state index in [2.05, 4.69) is 35.8 Å². The third-order valence-corrected chi connectivity index (χ3v) is 6.36. The van der Waals surface area contributed by atoms with Crippen LogP contribution >= 0.6 is 27.5 Å². The smallest absolute Gasteiger partial charge is 0.349 e. The number of nitriles is 1. The van der Waals surface area contributed by atoms with Crippen LogP contribution in [0.15, 0.2) is 59.1 Å². The highest BCUT2D eigenvalue weighted by Crippen LogP contribution is 2.33. The van der Waals surface area contributed by atoms with E-state index in [-0.39, 0.29) is 18.3 Å². The van der Waals surface area contributed by atoms with Gasteiger partial charge in [-0.05, 0) is 77.6 Å². The van der Waals surface area contributed by atoms with Gasteiger partial charge in [-0.1, -0.05) is 59.6 Å². The molecule has 0 amide bonds. The van der Waals surface area contributed by atoms with Gasteiger partial charge in [0.05, 0.1) is 18.8 Å². The van der Waals surface area contributed by atoms with Gasteiger partial charge in [0.1, 0.15) is 5.75 Å². The van der Waals surface area contributed by atoms with Crippen molar-refractivity contribution in [2.24, 2.45) is 0 Å². The van der Waals surface area contributed by atoms with Crippen LogP contribution < -0.4 is 14.2 Å². The number of methoxy groups -OCH3 is 1. The summed E-state index contributed by atoms with van der Waals surface area (Å²) in [5, 5.41) is 10.2. The number of carbonyl (C=O) groups is 1. The molecule has 3 aromatic carbocycles. The van der Waals surface area contributed by atoms with Gasteiger partial charge < -0.3 is 14.2 Å². The molecular formula is C28H25BrClNO4. The second-order valence-corrected chi connectivity index (χ2v) is 9.43. The van der Waals surface area contributed by atoms with E-state index in [0.29, 0.717) is 22.1 Å². The largest absolute Gasteiger partial charge is 0.493 e. The summed E-state index contributed by atoms with van der Waals surface area (Å²) >= 11 is 9.48. The molecule has 7 heteroatoms. The van der Waals surface area contributed by atoms with Gasteiger partial charge in [0.25, 0.3) is 0 Å². The first-order valence-corrected chi connectivity index (χ1v) is 12.1. The summed E-state index contributed by atoms with van der Waals surface area (Å²) in [6.45, 7) is 5.84. The Balaban J connectivity index is 1.74. The van der Waals surface area contributed by atoms with E-state index in [0.717, 1.165) is 26.7 Å². The minimum absolute atomic E-state index is 0.227. The van der Waals surface area contributed by atoms with Crippen molar-refractivity contribution in [3.63, 3.8) is 0 Å². The topological polar surface area (TPSA) is 68.5 Å². The Labute approximate surface area is 219 Å². The van der Waals surface area contributed by atoms with Crippen LogP contribution in [0.2, 0.25) is 5.02 Å². The van der Waals surface area contributed by atoms with Crippen molar-refractivity contribution in [2.75, 3.05) is 13.7 Å². The standard InChI is InChI=1S/C28H25BrClNO4/c1-17(2)23-14-24(29)18(3)11-26(23)34-16-28(32)35-25-10-5-19(13-27(25)33-4)12-21(15-31)20-6-8-22(30)9-7-20/h5-14,17H,16H2,1-4H3/b21-12+. The molecule has 0 fully saturated rings. The summed E-state index contributed by atoms with van der Waals surface area (Å²) < 4.78 is 17.7. The lowest BCUT2D eigenvalue weighted by Crippen LogP contribution is -2.18. The number of rotatable bonds is 8. The summed E-state index contributed by atoms with van der Waals surface area (Å²) in [6.07, 6.45) is 1.73. The molecule has 0 aliphatic heterocycles. The molecule has 0 aliphatic rings. The van der Waals surface area contributed by atoms with E-state index in [1.807, 2.05) is 19.1 Å². The van der Waals surface area contributed by atoms with E-state index in [9.17, 15) is 10.1 Å². The Kier molecular flexibility index (Phi) is 8.97. The van der Waals surface area contributed by atoms with Gasteiger partial charge in [0.15, 0.2) is 18.1 Å². The molecule has 3 aromatic rings. The molecule has 5 nitrogen and oxygen atoms in total. The highest BCUT2D eigenvalue weighted by atomic mass is 79.9. The highest BCUT2D eigenvalue weighted by molar-refractivity contribution is 9.10. The number of nitrogens with zero attached hydrogens (tertiary/aromatic N) is 1. The van der Waals surface area contributed by atoms with Gasteiger partial charge in [-0.25, -0.2) is 4.79 Å². The summed E-state index contributed by atoms with van der Waals surface area (Å²) in [6, 6.07) is 18.2. The molecule has 0 radical (unpaired) electrons. The SMILES string of the molecule is COc1cc(/C=C(\C#N)c2ccc(Cl)cc2)ccc1OC(=O)COc1cc(C)c(Br)cc1C(C)C. The maximum absolute atomic E-state index is 12.5. The Hall–Kier alpha value is -3.27. The normalized spacial score (nSPS) is 11.2. The Morgan fingerprint density at radius 3 is 2.43 bits per heavy atom. The van der Waals surface area contributed by atoms with Crippen molar-refractivity contribution in [1.82, 2.24) is 0 Å². The van der Waals surface area contributed by atoms with Crippen molar-refractivity contribution in [1.29, 1.82) is 5.26 Å². The fourth-order valence-electron chi connectivity index (χ4n) is 3.37. The predicted molar refractivity (Wildman–Crippen MR) is 142 cm³/mol.